The number of aromatic nitrogens is 2. The largest absolute Gasteiger partial charge is 0.368 e. The van der Waals surface area contributed by atoms with Crippen LogP contribution < -0.4 is 11.3 Å². The van der Waals surface area contributed by atoms with Crippen LogP contribution in [-0.4, -0.2) is 15.5 Å². The maximum Gasteiger partial charge on any atom is 0.263 e. The molecule has 0 bridgehead atoms. The number of fused-ring (bicyclic) bond motifs is 1. The van der Waals surface area contributed by atoms with Crippen LogP contribution in [0, 0.1) is 13.8 Å². The average molecular weight is 384 g/mol. The van der Waals surface area contributed by atoms with Gasteiger partial charge in [-0.15, -0.1) is 11.3 Å². The van der Waals surface area contributed by atoms with Gasteiger partial charge in [-0.1, -0.05) is 45.0 Å². The van der Waals surface area contributed by atoms with Gasteiger partial charge in [-0.3, -0.25) is 14.2 Å². The van der Waals surface area contributed by atoms with Crippen molar-refractivity contribution in [2.24, 2.45) is 5.73 Å². The molecule has 142 valence electrons. The molecule has 2 heterocycles. The Labute approximate surface area is 162 Å². The van der Waals surface area contributed by atoms with Gasteiger partial charge < -0.3 is 5.73 Å². The zero-order valence-corrected chi connectivity index (χ0v) is 17.4. The number of rotatable bonds is 3. The number of carbonyl (C=O) groups excluding carboxylic acids is 1. The van der Waals surface area contributed by atoms with Crippen LogP contribution in [0.2, 0.25) is 0 Å². The first-order valence-electron chi connectivity index (χ1n) is 8.95. The third-order valence-corrected chi connectivity index (χ3v) is 5.95. The van der Waals surface area contributed by atoms with E-state index in [0.29, 0.717) is 16.0 Å². The van der Waals surface area contributed by atoms with Crippen molar-refractivity contribution in [3.63, 3.8) is 0 Å². The molecule has 0 spiro atoms. The van der Waals surface area contributed by atoms with Gasteiger partial charge in [-0.25, -0.2) is 4.98 Å². The molecule has 5 nitrogen and oxygen atoms in total. The van der Waals surface area contributed by atoms with E-state index in [1.54, 1.807) is 13.8 Å². The van der Waals surface area contributed by atoms with Crippen molar-refractivity contribution in [2.45, 2.75) is 53.0 Å². The Balaban J connectivity index is 2.28. The third kappa shape index (κ3) is 3.30. The van der Waals surface area contributed by atoms with Crippen molar-refractivity contribution in [2.75, 3.05) is 0 Å². The van der Waals surface area contributed by atoms with E-state index in [2.05, 4.69) is 50.0 Å². The highest BCUT2D eigenvalue weighted by Gasteiger charge is 2.23. The Morgan fingerprint density at radius 3 is 2.30 bits per heavy atom. The van der Waals surface area contributed by atoms with Gasteiger partial charge in [0.2, 0.25) is 5.91 Å². The summed E-state index contributed by atoms with van der Waals surface area (Å²) in [5.74, 6) is -0.0564. The van der Waals surface area contributed by atoms with E-state index in [0.717, 1.165) is 16.0 Å². The monoisotopic (exact) mass is 383 g/mol. The maximum absolute atomic E-state index is 13.3. The summed E-state index contributed by atoms with van der Waals surface area (Å²) in [5, 5.41) is 0.555. The minimum absolute atomic E-state index is 0.0621. The summed E-state index contributed by atoms with van der Waals surface area (Å²) >= 11 is 1.50. The molecule has 0 aliphatic rings. The van der Waals surface area contributed by atoms with E-state index >= 15 is 0 Å². The van der Waals surface area contributed by atoms with Gasteiger partial charge in [0.25, 0.3) is 5.56 Å². The molecule has 2 aromatic heterocycles. The molecular weight excluding hydrogens is 358 g/mol. The number of nitrogens with zero attached hydrogens (tertiary/aromatic N) is 2. The van der Waals surface area contributed by atoms with Gasteiger partial charge in [0.1, 0.15) is 16.7 Å². The molecule has 2 N–H and O–H groups in total. The van der Waals surface area contributed by atoms with Crippen molar-refractivity contribution in [1.29, 1.82) is 0 Å². The van der Waals surface area contributed by atoms with Crippen molar-refractivity contribution in [3.05, 3.63) is 50.9 Å². The number of hydrogen-bond donors (Lipinski definition) is 1. The molecule has 3 aromatic rings. The molecule has 1 unspecified atom stereocenters. The summed E-state index contributed by atoms with van der Waals surface area (Å²) in [6.45, 7) is 11.9. The lowest BCUT2D eigenvalue weighted by Crippen LogP contribution is -2.34. The van der Waals surface area contributed by atoms with Crippen LogP contribution >= 0.6 is 11.3 Å². The van der Waals surface area contributed by atoms with E-state index < -0.39 is 11.9 Å². The third-order valence-electron chi connectivity index (χ3n) is 4.95. The van der Waals surface area contributed by atoms with E-state index in [4.69, 9.17) is 5.73 Å². The van der Waals surface area contributed by atoms with Crippen molar-refractivity contribution >= 4 is 27.5 Å². The van der Waals surface area contributed by atoms with Gasteiger partial charge in [-0.2, -0.15) is 0 Å². The van der Waals surface area contributed by atoms with E-state index in [1.807, 2.05) is 6.92 Å². The van der Waals surface area contributed by atoms with Crippen LogP contribution in [0.25, 0.3) is 21.3 Å². The molecule has 3 rings (SSSR count). The predicted octanol–water partition coefficient (Wildman–Crippen LogP) is 4.09. The lowest BCUT2D eigenvalue weighted by Gasteiger charge is -2.19. The fourth-order valence-corrected chi connectivity index (χ4v) is 4.42. The quantitative estimate of drug-likeness (QED) is 0.740. The molecule has 0 aliphatic carbocycles. The number of amides is 1. The molecule has 0 saturated carbocycles. The molecule has 0 saturated heterocycles. The van der Waals surface area contributed by atoms with Crippen LogP contribution in [0.15, 0.2) is 29.1 Å². The van der Waals surface area contributed by atoms with E-state index in [9.17, 15) is 9.59 Å². The molecule has 27 heavy (non-hydrogen) atoms. The maximum atomic E-state index is 13.3. The first kappa shape index (κ1) is 19.3. The zero-order valence-electron chi connectivity index (χ0n) is 16.6. The van der Waals surface area contributed by atoms with Crippen molar-refractivity contribution in [3.8, 4) is 11.1 Å². The normalized spacial score (nSPS) is 13.1. The smallest absolute Gasteiger partial charge is 0.263 e. The molecule has 1 atom stereocenters. The fourth-order valence-electron chi connectivity index (χ4n) is 3.34. The van der Waals surface area contributed by atoms with Crippen LogP contribution in [0.1, 0.15) is 50.0 Å². The Bertz CT molecular complexity index is 1090. The van der Waals surface area contributed by atoms with E-state index in [-0.39, 0.29) is 11.0 Å². The summed E-state index contributed by atoms with van der Waals surface area (Å²) in [7, 11) is 0. The second kappa shape index (κ2) is 6.60. The number of aryl methyl sites for hydroxylation is 2. The predicted molar refractivity (Wildman–Crippen MR) is 111 cm³/mol. The van der Waals surface area contributed by atoms with Crippen LogP contribution in [0.5, 0.6) is 0 Å². The molecule has 6 heteroatoms. The standard InChI is InChI=1S/C21H25N3O2S/c1-11(18(22)25)24-13(3)23-19-17(20(24)26)16(12(2)27-19)14-7-9-15(10-8-14)21(4,5)6/h7-11H,1-6H3,(H2,22,25). The summed E-state index contributed by atoms with van der Waals surface area (Å²) in [6, 6.07) is 7.56. The zero-order chi connectivity index (χ0) is 20.1. The summed E-state index contributed by atoms with van der Waals surface area (Å²) < 4.78 is 1.39. The molecular formula is C21H25N3O2S. The highest BCUT2D eigenvalue weighted by molar-refractivity contribution is 7.19. The summed E-state index contributed by atoms with van der Waals surface area (Å²) in [4.78, 5) is 31.2. The molecule has 1 amide bonds. The van der Waals surface area contributed by atoms with Crippen molar-refractivity contribution in [1.82, 2.24) is 9.55 Å². The Hall–Kier alpha value is -2.47. The second-order valence-electron chi connectivity index (χ2n) is 7.95. The summed E-state index contributed by atoms with van der Waals surface area (Å²) in [5.41, 5.74) is 8.38. The highest BCUT2D eigenvalue weighted by atomic mass is 32.1. The van der Waals surface area contributed by atoms with Crippen LogP contribution in [-0.2, 0) is 10.2 Å². The number of carbonyl (C=O) groups is 1. The van der Waals surface area contributed by atoms with Gasteiger partial charge in [0.05, 0.1) is 5.39 Å². The molecule has 1 aromatic carbocycles. The number of nitrogens with two attached hydrogens (primary N) is 1. The van der Waals surface area contributed by atoms with Gasteiger partial charge in [0, 0.05) is 10.4 Å². The lowest BCUT2D eigenvalue weighted by atomic mass is 9.86. The van der Waals surface area contributed by atoms with Gasteiger partial charge in [0.15, 0.2) is 0 Å². The Kier molecular flexibility index (Phi) is 4.72. The fraction of sp³-hybridized carbons (Fsp3) is 0.381. The number of thiophene rings is 1. The SMILES string of the molecule is Cc1sc2nc(C)n(C(C)C(N)=O)c(=O)c2c1-c1ccc(C(C)(C)C)cc1. The van der Waals surface area contributed by atoms with Crippen LogP contribution in [0.3, 0.4) is 0 Å². The highest BCUT2D eigenvalue weighted by Crippen LogP contribution is 2.36. The van der Waals surface area contributed by atoms with Crippen LogP contribution in [0.4, 0.5) is 0 Å². The minimum atomic E-state index is -0.745. The molecule has 0 radical (unpaired) electrons. The van der Waals surface area contributed by atoms with E-state index in [1.165, 1.54) is 21.5 Å². The minimum Gasteiger partial charge on any atom is -0.368 e. The molecule has 0 fully saturated rings. The number of benzene rings is 1. The van der Waals surface area contributed by atoms with Gasteiger partial charge in [-0.05, 0) is 37.3 Å². The molecule has 0 aliphatic heterocycles. The Morgan fingerprint density at radius 2 is 1.78 bits per heavy atom. The van der Waals surface area contributed by atoms with Gasteiger partial charge >= 0.3 is 0 Å². The summed E-state index contributed by atoms with van der Waals surface area (Å²) in [6.07, 6.45) is 0. The number of hydrogen-bond acceptors (Lipinski definition) is 4. The Morgan fingerprint density at radius 1 is 1.19 bits per heavy atom. The second-order valence-corrected chi connectivity index (χ2v) is 9.16. The first-order valence-corrected chi connectivity index (χ1v) is 9.76. The number of primary amides is 1. The topological polar surface area (TPSA) is 78.0 Å². The lowest BCUT2D eigenvalue weighted by molar-refractivity contribution is -0.120. The van der Waals surface area contributed by atoms with Crippen molar-refractivity contribution < 1.29 is 4.79 Å². The first-order chi connectivity index (χ1) is 12.5. The average Bonchev–Trinajstić information content (AvgIpc) is 2.89.